The molecule has 0 atom stereocenters. The Hall–Kier alpha value is -6.60. The van der Waals surface area contributed by atoms with E-state index in [0.29, 0.717) is 23.1 Å². The van der Waals surface area contributed by atoms with E-state index in [-0.39, 0.29) is 0 Å². The number of rotatable bonds is 5. The summed E-state index contributed by atoms with van der Waals surface area (Å²) in [6.07, 6.45) is 3.63. The molecule has 9 aromatic rings. The van der Waals surface area contributed by atoms with Crippen LogP contribution in [0.2, 0.25) is 0 Å². The minimum absolute atomic E-state index is 0.591. The first kappa shape index (κ1) is 26.8. The predicted octanol–water partition coefficient (Wildman–Crippen LogP) is 9.44. The molecule has 0 saturated carbocycles. The molecule has 0 aliphatic rings. The van der Waals surface area contributed by atoms with Gasteiger partial charge in [-0.25, -0.2) is 19.9 Å². The highest BCUT2D eigenvalue weighted by Crippen LogP contribution is 2.34. The molecule has 9 rings (SSSR count). The summed E-state index contributed by atoms with van der Waals surface area (Å²) >= 11 is 0. The van der Waals surface area contributed by atoms with Crippen LogP contribution in [0.4, 0.5) is 0 Å². The molecule has 0 N–H and O–H groups in total. The fraction of sp³-hybridized carbons (Fsp3) is 0. The number of fused-ring (bicyclic) bond motifs is 4. The zero-order valence-corrected chi connectivity index (χ0v) is 24.9. The van der Waals surface area contributed by atoms with Gasteiger partial charge in [0.15, 0.2) is 23.1 Å². The third-order valence-electron chi connectivity index (χ3n) is 8.22. The van der Waals surface area contributed by atoms with Crippen LogP contribution < -0.4 is 0 Å². The van der Waals surface area contributed by atoms with Crippen molar-refractivity contribution in [1.29, 1.82) is 0 Å². The minimum atomic E-state index is 0.591. The van der Waals surface area contributed by atoms with Crippen LogP contribution in [0.25, 0.3) is 89.7 Å². The van der Waals surface area contributed by atoms with Gasteiger partial charge in [-0.2, -0.15) is 0 Å². The van der Waals surface area contributed by atoms with E-state index in [1.54, 1.807) is 6.20 Å². The molecule has 0 spiro atoms. The minimum Gasteiger partial charge on any atom is -0.454 e. The maximum atomic E-state index is 6.24. The highest BCUT2D eigenvalue weighted by atomic mass is 16.3. The van der Waals surface area contributed by atoms with Crippen molar-refractivity contribution >= 4 is 32.8 Å². The molecule has 220 valence electrons. The largest absolute Gasteiger partial charge is 0.454 e. The number of pyridine rings is 3. The van der Waals surface area contributed by atoms with Crippen molar-refractivity contribution in [2.75, 3.05) is 0 Å². The van der Waals surface area contributed by atoms with Crippen molar-refractivity contribution in [2.45, 2.75) is 0 Å². The molecular weight excluding hydrogens is 580 g/mol. The Labute approximate surface area is 269 Å². The van der Waals surface area contributed by atoms with Crippen LogP contribution in [0.15, 0.2) is 150 Å². The molecule has 7 heteroatoms. The smallest absolute Gasteiger partial charge is 0.164 e. The van der Waals surface area contributed by atoms with Crippen LogP contribution in [0.3, 0.4) is 0 Å². The first-order valence-corrected chi connectivity index (χ1v) is 15.3. The molecule has 7 nitrogen and oxygen atoms in total. The molecule has 0 aliphatic carbocycles. The van der Waals surface area contributed by atoms with Crippen molar-refractivity contribution in [3.8, 4) is 56.8 Å². The Morgan fingerprint density at radius 3 is 1.79 bits per heavy atom. The van der Waals surface area contributed by atoms with Crippen molar-refractivity contribution in [2.24, 2.45) is 0 Å². The molecule has 5 heterocycles. The van der Waals surface area contributed by atoms with Crippen LogP contribution in [0, 0.1) is 0 Å². The van der Waals surface area contributed by atoms with E-state index in [4.69, 9.17) is 34.3 Å². The first-order valence-electron chi connectivity index (χ1n) is 15.3. The third kappa shape index (κ3) is 4.96. The molecule has 0 saturated heterocycles. The van der Waals surface area contributed by atoms with Gasteiger partial charge >= 0.3 is 0 Å². The summed E-state index contributed by atoms with van der Waals surface area (Å²) < 4.78 is 6.24. The second kappa shape index (κ2) is 11.1. The standard InChI is InChI=1S/C40H24N6O/c1-3-11-26(12-4-1)38-44-39(27-13-5-2-6-14-27)46-40(45-38)29-16-9-15-28(20-29)34-21-30-31-23-41-35(22-36(31)47-37(30)24-42-34)33-19-18-25-10-7-8-17-32(25)43-33/h1-24H. The molecular formula is C40H24N6O. The molecule has 0 aliphatic heterocycles. The van der Waals surface area contributed by atoms with Crippen molar-refractivity contribution in [3.05, 3.63) is 146 Å². The summed E-state index contributed by atoms with van der Waals surface area (Å²) in [4.78, 5) is 29.0. The Balaban J connectivity index is 1.11. The van der Waals surface area contributed by atoms with Gasteiger partial charge in [0.2, 0.25) is 0 Å². The maximum absolute atomic E-state index is 6.24. The molecule has 5 aromatic heterocycles. The van der Waals surface area contributed by atoms with Gasteiger partial charge in [0, 0.05) is 50.7 Å². The van der Waals surface area contributed by atoms with Crippen LogP contribution in [0.5, 0.6) is 0 Å². The Kier molecular flexibility index (Phi) is 6.31. The van der Waals surface area contributed by atoms with Gasteiger partial charge in [-0.3, -0.25) is 9.97 Å². The lowest BCUT2D eigenvalue weighted by Crippen LogP contribution is -2.00. The summed E-state index contributed by atoms with van der Waals surface area (Å²) in [7, 11) is 0. The van der Waals surface area contributed by atoms with Gasteiger partial charge in [-0.15, -0.1) is 0 Å². The Morgan fingerprint density at radius 1 is 0.383 bits per heavy atom. The van der Waals surface area contributed by atoms with Crippen LogP contribution in [-0.4, -0.2) is 29.9 Å². The molecule has 0 unspecified atom stereocenters. The van der Waals surface area contributed by atoms with E-state index in [1.807, 2.05) is 121 Å². The van der Waals surface area contributed by atoms with Gasteiger partial charge in [0.1, 0.15) is 5.58 Å². The monoisotopic (exact) mass is 604 g/mol. The lowest BCUT2D eigenvalue weighted by molar-refractivity contribution is 0.666. The number of hydrogen-bond acceptors (Lipinski definition) is 7. The summed E-state index contributed by atoms with van der Waals surface area (Å²) in [5.74, 6) is 1.83. The molecule has 0 radical (unpaired) electrons. The molecule has 0 amide bonds. The zero-order valence-electron chi connectivity index (χ0n) is 24.9. The topological polar surface area (TPSA) is 90.5 Å². The fourth-order valence-electron chi connectivity index (χ4n) is 5.84. The average molecular weight is 605 g/mol. The summed E-state index contributed by atoms with van der Waals surface area (Å²) in [5.41, 5.74) is 8.38. The zero-order chi connectivity index (χ0) is 31.2. The number of para-hydroxylation sites is 1. The second-order valence-electron chi connectivity index (χ2n) is 11.2. The van der Waals surface area contributed by atoms with Crippen LogP contribution in [0.1, 0.15) is 0 Å². The number of benzene rings is 4. The lowest BCUT2D eigenvalue weighted by atomic mass is 10.1. The van der Waals surface area contributed by atoms with Crippen molar-refractivity contribution in [3.63, 3.8) is 0 Å². The lowest BCUT2D eigenvalue weighted by Gasteiger charge is -2.09. The van der Waals surface area contributed by atoms with E-state index < -0.39 is 0 Å². The number of aromatic nitrogens is 6. The maximum Gasteiger partial charge on any atom is 0.164 e. The van der Waals surface area contributed by atoms with Crippen molar-refractivity contribution < 1.29 is 4.42 Å². The van der Waals surface area contributed by atoms with Gasteiger partial charge in [0.05, 0.1) is 28.8 Å². The molecule has 0 bridgehead atoms. The Morgan fingerprint density at radius 2 is 1.02 bits per heavy atom. The van der Waals surface area contributed by atoms with Gasteiger partial charge in [-0.05, 0) is 24.3 Å². The van der Waals surface area contributed by atoms with Gasteiger partial charge in [0.25, 0.3) is 0 Å². The molecule has 4 aromatic carbocycles. The number of furan rings is 1. The Bertz CT molecular complexity index is 2520. The third-order valence-corrected chi connectivity index (χ3v) is 8.22. The average Bonchev–Trinajstić information content (AvgIpc) is 3.52. The van der Waals surface area contributed by atoms with E-state index in [9.17, 15) is 0 Å². The molecule has 47 heavy (non-hydrogen) atoms. The predicted molar refractivity (Wildman–Crippen MR) is 185 cm³/mol. The number of nitrogens with zero attached hydrogens (tertiary/aromatic N) is 6. The highest BCUT2D eigenvalue weighted by Gasteiger charge is 2.15. The first-order chi connectivity index (χ1) is 23.2. The van der Waals surface area contributed by atoms with Crippen LogP contribution in [-0.2, 0) is 0 Å². The van der Waals surface area contributed by atoms with Gasteiger partial charge < -0.3 is 4.42 Å². The van der Waals surface area contributed by atoms with E-state index in [0.717, 1.165) is 66.6 Å². The van der Waals surface area contributed by atoms with Crippen molar-refractivity contribution in [1.82, 2.24) is 29.9 Å². The van der Waals surface area contributed by atoms with E-state index >= 15 is 0 Å². The van der Waals surface area contributed by atoms with E-state index in [1.165, 1.54) is 0 Å². The summed E-state index contributed by atoms with van der Waals surface area (Å²) in [5, 5.41) is 2.95. The number of hydrogen-bond donors (Lipinski definition) is 0. The quantitative estimate of drug-likeness (QED) is 0.193. The fourth-order valence-corrected chi connectivity index (χ4v) is 5.84. The normalized spacial score (nSPS) is 11.4. The van der Waals surface area contributed by atoms with Gasteiger partial charge in [-0.1, -0.05) is 103 Å². The summed E-state index contributed by atoms with van der Waals surface area (Å²) in [6, 6.07) is 44.2. The highest BCUT2D eigenvalue weighted by molar-refractivity contribution is 6.06. The summed E-state index contributed by atoms with van der Waals surface area (Å²) in [6.45, 7) is 0. The van der Waals surface area contributed by atoms with E-state index in [2.05, 4.69) is 18.2 Å². The molecule has 0 fully saturated rings. The SMILES string of the molecule is c1ccc(-c2nc(-c3ccccc3)nc(-c3cccc(-c4cc5c(cn4)oc4cc(-c6ccc7ccccc7n6)ncc45)c3)n2)cc1. The second-order valence-corrected chi connectivity index (χ2v) is 11.2. The van der Waals surface area contributed by atoms with Crippen LogP contribution >= 0.6 is 0 Å².